The number of hydrogen-bond acceptors (Lipinski definition) is 4. The molecule has 0 heterocycles. The number of carboxylic acid groups (broad SMARTS) is 1. The van der Waals surface area contributed by atoms with Gasteiger partial charge < -0.3 is 10.8 Å². The van der Waals surface area contributed by atoms with E-state index in [1.165, 1.54) is 0 Å². The smallest absolute Gasteiger partial charge is 0.320 e. The molecule has 0 aliphatic rings. The minimum atomic E-state index is -1.06. The van der Waals surface area contributed by atoms with Crippen molar-refractivity contribution < 1.29 is 9.90 Å². The number of aliphatic carboxylic acids is 1. The molecule has 0 radical (unpaired) electrons. The van der Waals surface area contributed by atoms with Crippen LogP contribution in [0.25, 0.3) is 0 Å². The number of carbonyl (C=O) groups is 1. The quantitative estimate of drug-likeness (QED) is 0.244. The van der Waals surface area contributed by atoms with Crippen LogP contribution in [0, 0.1) is 5.53 Å². The van der Waals surface area contributed by atoms with Gasteiger partial charge in [0.25, 0.3) is 0 Å². The third kappa shape index (κ3) is 6.92. The number of hydrogen-bond donors (Lipinski definition) is 3. The Bertz CT molecular complexity index is 167. The fraction of sp³-hybridized carbons (Fsp3) is 0.750. The van der Waals surface area contributed by atoms with Crippen LogP contribution in [0.1, 0.15) is 6.42 Å². The highest BCUT2D eigenvalue weighted by atomic mass is 35.5. The van der Waals surface area contributed by atoms with Crippen LogP contribution in [0.3, 0.4) is 0 Å². The van der Waals surface area contributed by atoms with Gasteiger partial charge in [-0.1, -0.05) is 0 Å². The van der Waals surface area contributed by atoms with Gasteiger partial charge in [-0.3, -0.25) is 4.79 Å². The van der Waals surface area contributed by atoms with Crippen LogP contribution in [-0.4, -0.2) is 23.7 Å². The monoisotopic (exact) mass is 187 g/mol. The van der Waals surface area contributed by atoms with Gasteiger partial charge in [0.2, 0.25) is 4.91 Å². The molecule has 0 saturated carbocycles. The molecule has 64 valence electrons. The molecule has 7 heteroatoms. The maximum Gasteiger partial charge on any atom is 0.320 e. The van der Waals surface area contributed by atoms with Crippen molar-refractivity contribution >= 4 is 18.4 Å². The lowest BCUT2D eigenvalue weighted by atomic mass is 11.2. The first-order chi connectivity index (χ1) is 4.68. The number of halogens is 1. The first-order valence-electron chi connectivity index (χ1n) is 2.70. The second-order valence-electron chi connectivity index (χ2n) is 1.70. The van der Waals surface area contributed by atoms with Crippen molar-refractivity contribution in [2.24, 2.45) is 10.8 Å². The Kier molecular flexibility index (Phi) is 8.23. The average Bonchev–Trinajstić information content (AvgIpc) is 1.88. The number of rotatable bonds is 4. The molecule has 0 saturated heterocycles. The van der Waals surface area contributed by atoms with Crippen molar-refractivity contribution in [1.29, 1.82) is 5.53 Å². The normalized spacial score (nSPS) is 10.6. The summed E-state index contributed by atoms with van der Waals surface area (Å²) in [6, 6.07) is -0.898. The Morgan fingerprint density at radius 2 is 2.36 bits per heavy atom. The first kappa shape index (κ1) is 12.7. The molecular formula is C4H10ClN4O2+. The summed E-state index contributed by atoms with van der Waals surface area (Å²) < 4.78 is 0. The minimum absolute atomic E-state index is 0. The van der Waals surface area contributed by atoms with Crippen molar-refractivity contribution in [2.75, 3.05) is 6.54 Å². The molecule has 4 N–H and O–H groups in total. The van der Waals surface area contributed by atoms with E-state index in [2.05, 4.69) is 10.0 Å². The first-order valence-corrected chi connectivity index (χ1v) is 2.70. The zero-order valence-electron chi connectivity index (χ0n) is 5.73. The zero-order chi connectivity index (χ0) is 7.98. The molecule has 0 aromatic rings. The fourth-order valence-electron chi connectivity index (χ4n) is 0.370. The van der Waals surface area contributed by atoms with E-state index >= 15 is 0 Å². The van der Waals surface area contributed by atoms with Gasteiger partial charge in [0.05, 0.1) is 0 Å². The van der Waals surface area contributed by atoms with Crippen LogP contribution in [0.15, 0.2) is 5.11 Å². The van der Waals surface area contributed by atoms with Gasteiger partial charge in [0.15, 0.2) is 0 Å². The molecule has 0 bridgehead atoms. The Hall–Kier alpha value is -0.970. The molecule has 0 spiro atoms. The van der Waals surface area contributed by atoms with E-state index in [0.717, 1.165) is 0 Å². The summed E-state index contributed by atoms with van der Waals surface area (Å²) in [4.78, 5) is 12.7. The van der Waals surface area contributed by atoms with Crippen LogP contribution in [-0.2, 0) is 4.79 Å². The maximum atomic E-state index is 10.0. The van der Waals surface area contributed by atoms with Crippen molar-refractivity contribution in [2.45, 2.75) is 12.5 Å². The number of nitrogens with one attached hydrogen (secondary N) is 1. The van der Waals surface area contributed by atoms with Crippen LogP contribution in [0.2, 0.25) is 0 Å². The SMILES string of the molecule is Cl.N=[N+]=[15N][13CH2][13CH2][13C@@H]([15NH2])[13C](=O)O. The summed E-state index contributed by atoms with van der Waals surface area (Å²) in [5, 5.41) is 11.5. The fourth-order valence-corrected chi connectivity index (χ4v) is 0.370. The molecule has 0 aromatic carbocycles. The van der Waals surface area contributed by atoms with Gasteiger partial charge in [0, 0.05) is 0 Å². The third-order valence-corrected chi connectivity index (χ3v) is 0.928. The molecule has 0 aliphatic carbocycles. The van der Waals surface area contributed by atoms with E-state index in [4.69, 9.17) is 16.4 Å². The van der Waals surface area contributed by atoms with E-state index in [0.29, 0.717) is 0 Å². The molecule has 0 amide bonds. The Balaban J connectivity index is 0. The van der Waals surface area contributed by atoms with Crippen LogP contribution in [0.5, 0.6) is 0 Å². The summed E-state index contributed by atoms with van der Waals surface area (Å²) in [6.07, 6.45) is 0.220. The van der Waals surface area contributed by atoms with Crippen LogP contribution >= 0.6 is 12.4 Å². The van der Waals surface area contributed by atoms with Gasteiger partial charge in [-0.2, -0.15) is 0 Å². The van der Waals surface area contributed by atoms with Crippen molar-refractivity contribution in [1.82, 2.24) is 4.91 Å². The summed E-state index contributed by atoms with van der Waals surface area (Å²) >= 11 is 0. The van der Waals surface area contributed by atoms with Gasteiger partial charge in [0.1, 0.15) is 23.2 Å². The van der Waals surface area contributed by atoms with E-state index in [1.807, 2.05) is 0 Å². The Morgan fingerprint density at radius 3 is 2.73 bits per heavy atom. The maximum absolute atomic E-state index is 10.0. The number of nitrogens with zero attached hydrogens (tertiary/aromatic N) is 2. The van der Waals surface area contributed by atoms with E-state index in [9.17, 15) is 4.79 Å². The molecule has 0 rings (SSSR count). The topological polar surface area (TPSA) is 114 Å². The molecule has 11 heavy (non-hydrogen) atoms. The van der Waals surface area contributed by atoms with E-state index < -0.39 is 12.0 Å². The highest BCUT2D eigenvalue weighted by Gasteiger charge is 2.10. The second kappa shape index (κ2) is 7.14. The molecule has 0 aromatic heterocycles. The van der Waals surface area contributed by atoms with Crippen molar-refractivity contribution in [3.8, 4) is 0 Å². The van der Waals surface area contributed by atoms with E-state index in [1.54, 1.807) is 0 Å². The molecule has 6 nitrogen and oxygen atoms in total. The van der Waals surface area contributed by atoms with Gasteiger partial charge in [-0.25, -0.2) is 0 Å². The van der Waals surface area contributed by atoms with Gasteiger partial charge in [-0.15, -0.1) is 12.4 Å². The van der Waals surface area contributed by atoms with Crippen molar-refractivity contribution in [3.63, 3.8) is 0 Å². The molecule has 0 fully saturated rings. The summed E-state index contributed by atoms with van der Waals surface area (Å²) in [6.45, 7) is 0.191. The number of nitrogens with two attached hydrogens (primary N) is 1. The molecule has 0 aliphatic heterocycles. The minimum Gasteiger partial charge on any atom is -0.480 e. The van der Waals surface area contributed by atoms with Gasteiger partial charge >= 0.3 is 5.97 Å². The predicted octanol–water partition coefficient (Wildman–Crippen LogP) is -0.239. The van der Waals surface area contributed by atoms with Crippen LogP contribution < -0.4 is 10.6 Å². The van der Waals surface area contributed by atoms with Gasteiger partial charge in [-0.05, 0) is 6.42 Å². The summed E-state index contributed by atoms with van der Waals surface area (Å²) in [5.41, 5.74) is 11.3. The lowest BCUT2D eigenvalue weighted by molar-refractivity contribution is -0.138. The van der Waals surface area contributed by atoms with Crippen LogP contribution in [0.4, 0.5) is 0 Å². The lowest BCUT2D eigenvalue weighted by Crippen LogP contribution is -2.30. The third-order valence-electron chi connectivity index (χ3n) is 0.928. The average molecular weight is 188 g/mol. The second-order valence-corrected chi connectivity index (χ2v) is 1.70. The predicted molar refractivity (Wildman–Crippen MR) is 39.6 cm³/mol. The highest BCUT2D eigenvalue weighted by Crippen LogP contribution is 1.86. The molecular weight excluding hydrogens is 177 g/mol. The number of carboxylic acids is 1. The zero-order valence-corrected chi connectivity index (χ0v) is 6.54. The lowest BCUT2D eigenvalue weighted by Gasteiger charge is -1.98. The molecule has 1 atom stereocenters. The van der Waals surface area contributed by atoms with E-state index in [-0.39, 0.29) is 25.4 Å². The summed E-state index contributed by atoms with van der Waals surface area (Å²) in [5.74, 6) is -1.06. The van der Waals surface area contributed by atoms with Crippen molar-refractivity contribution in [3.05, 3.63) is 0 Å². The largest absolute Gasteiger partial charge is 0.480 e. The standard InChI is InChI=1S/C4H8N4O2.ClH/c5-3(4(9)10)1-2-7-8-6;/h3,6H,1-2,5H2;1H/p+1/t3-;/m1./s1/i1+1,2+1,3+1,4+1,5+1,7+1;. The Morgan fingerprint density at radius 1 is 1.82 bits per heavy atom. The summed E-state index contributed by atoms with van der Waals surface area (Å²) in [7, 11) is 0. The molecule has 0 unspecified atom stereocenters. The highest BCUT2D eigenvalue weighted by molar-refractivity contribution is 5.85. The Labute approximate surface area is 69.4 Å².